The van der Waals surface area contributed by atoms with Gasteiger partial charge in [0.2, 0.25) is 5.82 Å². The molecule has 0 aliphatic heterocycles. The van der Waals surface area contributed by atoms with E-state index in [9.17, 15) is 4.79 Å². The molecule has 2 aromatic heterocycles. The Morgan fingerprint density at radius 3 is 2.39 bits per heavy atom. The van der Waals surface area contributed by atoms with Crippen LogP contribution in [0.5, 0.6) is 0 Å². The molecule has 4 aromatic rings. The maximum atomic E-state index is 12.6. The van der Waals surface area contributed by atoms with E-state index in [0.717, 1.165) is 22.4 Å². The average molecular weight is 369 g/mol. The van der Waals surface area contributed by atoms with Crippen molar-refractivity contribution in [2.24, 2.45) is 0 Å². The van der Waals surface area contributed by atoms with Gasteiger partial charge in [0, 0.05) is 24.5 Å². The smallest absolute Gasteiger partial charge is 0.291 e. The van der Waals surface area contributed by atoms with Crippen molar-refractivity contribution in [3.8, 4) is 17.1 Å². The predicted molar refractivity (Wildman–Crippen MR) is 107 cm³/mol. The summed E-state index contributed by atoms with van der Waals surface area (Å²) in [4.78, 5) is 21.1. The van der Waals surface area contributed by atoms with E-state index >= 15 is 0 Å². The van der Waals surface area contributed by atoms with Crippen LogP contribution in [0, 0.1) is 6.92 Å². The minimum absolute atomic E-state index is 0.133. The molecule has 1 amide bonds. The minimum Gasteiger partial charge on any atom is -0.345 e. The second-order valence-corrected chi connectivity index (χ2v) is 6.41. The molecule has 0 bridgehead atoms. The normalized spacial score (nSPS) is 10.6. The summed E-state index contributed by atoms with van der Waals surface area (Å²) in [6, 6.07) is 21.4. The number of aromatic nitrogens is 4. The van der Waals surface area contributed by atoms with Crippen molar-refractivity contribution < 1.29 is 4.79 Å². The molecular weight excluding hydrogens is 350 g/mol. The molecule has 0 spiro atoms. The number of pyridine rings is 1. The Morgan fingerprint density at radius 2 is 1.68 bits per heavy atom. The van der Waals surface area contributed by atoms with Crippen molar-refractivity contribution in [1.29, 1.82) is 0 Å². The van der Waals surface area contributed by atoms with Crippen LogP contribution in [0.3, 0.4) is 0 Å². The molecule has 138 valence electrons. The van der Waals surface area contributed by atoms with E-state index < -0.39 is 0 Å². The number of benzene rings is 2. The van der Waals surface area contributed by atoms with Crippen LogP contribution in [0.2, 0.25) is 0 Å². The lowest BCUT2D eigenvalue weighted by Gasteiger charge is -2.06. The van der Waals surface area contributed by atoms with Gasteiger partial charge in [0.1, 0.15) is 0 Å². The summed E-state index contributed by atoms with van der Waals surface area (Å²) in [6.07, 6.45) is 3.39. The Kier molecular flexibility index (Phi) is 4.93. The van der Waals surface area contributed by atoms with Gasteiger partial charge < -0.3 is 5.32 Å². The summed E-state index contributed by atoms with van der Waals surface area (Å²) in [5, 5.41) is 7.34. The average Bonchev–Trinajstić information content (AvgIpc) is 3.19. The SMILES string of the molecule is Cc1ccc(-n2nc(C(=O)NCc3ccncc3)nc2-c2ccccc2)cc1. The largest absolute Gasteiger partial charge is 0.345 e. The van der Waals surface area contributed by atoms with E-state index in [-0.39, 0.29) is 11.7 Å². The summed E-state index contributed by atoms with van der Waals surface area (Å²) in [5.74, 6) is 0.437. The van der Waals surface area contributed by atoms with Crippen molar-refractivity contribution in [2.75, 3.05) is 0 Å². The molecule has 28 heavy (non-hydrogen) atoms. The van der Waals surface area contributed by atoms with Gasteiger partial charge in [-0.15, -0.1) is 5.10 Å². The lowest BCUT2D eigenvalue weighted by atomic mass is 10.2. The predicted octanol–water partition coefficient (Wildman–Crippen LogP) is 3.57. The number of carbonyl (C=O) groups is 1. The zero-order chi connectivity index (χ0) is 19.3. The first-order chi connectivity index (χ1) is 13.7. The third kappa shape index (κ3) is 3.81. The molecule has 0 aliphatic carbocycles. The summed E-state index contributed by atoms with van der Waals surface area (Å²) < 4.78 is 1.70. The van der Waals surface area contributed by atoms with Crippen LogP contribution in [0.25, 0.3) is 17.1 Å². The molecular formula is C22H19N5O. The maximum absolute atomic E-state index is 12.6. The molecule has 1 N–H and O–H groups in total. The zero-order valence-electron chi connectivity index (χ0n) is 15.4. The molecule has 0 radical (unpaired) electrons. The van der Waals surface area contributed by atoms with Crippen molar-refractivity contribution in [1.82, 2.24) is 25.1 Å². The van der Waals surface area contributed by atoms with E-state index in [0.29, 0.717) is 12.4 Å². The number of amides is 1. The van der Waals surface area contributed by atoms with E-state index in [1.807, 2.05) is 73.7 Å². The van der Waals surface area contributed by atoms with Crippen molar-refractivity contribution >= 4 is 5.91 Å². The minimum atomic E-state index is -0.320. The van der Waals surface area contributed by atoms with Gasteiger partial charge in [-0.2, -0.15) is 0 Å². The highest BCUT2D eigenvalue weighted by molar-refractivity contribution is 5.91. The summed E-state index contributed by atoms with van der Waals surface area (Å²) in [7, 11) is 0. The molecule has 6 heteroatoms. The number of aryl methyl sites for hydroxylation is 1. The Labute approximate surface area is 162 Å². The lowest BCUT2D eigenvalue weighted by molar-refractivity contribution is 0.0940. The first kappa shape index (κ1) is 17.6. The molecule has 6 nitrogen and oxygen atoms in total. The second-order valence-electron chi connectivity index (χ2n) is 6.41. The summed E-state index contributed by atoms with van der Waals surface area (Å²) in [5.41, 5.74) is 3.86. The van der Waals surface area contributed by atoms with Crippen LogP contribution >= 0.6 is 0 Å². The molecule has 2 aromatic carbocycles. The van der Waals surface area contributed by atoms with Gasteiger partial charge in [0.15, 0.2) is 5.82 Å². The molecule has 0 atom stereocenters. The number of carbonyl (C=O) groups excluding carboxylic acids is 1. The second kappa shape index (κ2) is 7.84. The molecule has 2 heterocycles. The Balaban J connectivity index is 1.66. The molecule has 0 aliphatic rings. The van der Waals surface area contributed by atoms with Gasteiger partial charge >= 0.3 is 0 Å². The first-order valence-electron chi connectivity index (χ1n) is 8.97. The van der Waals surface area contributed by atoms with Crippen molar-refractivity contribution in [3.05, 3.63) is 96.1 Å². The van der Waals surface area contributed by atoms with E-state index in [1.165, 1.54) is 0 Å². The molecule has 0 fully saturated rings. The fourth-order valence-electron chi connectivity index (χ4n) is 2.81. The number of rotatable bonds is 5. The monoisotopic (exact) mass is 369 g/mol. The molecule has 4 rings (SSSR count). The Morgan fingerprint density at radius 1 is 0.964 bits per heavy atom. The van der Waals surface area contributed by atoms with Crippen LogP contribution in [0.1, 0.15) is 21.7 Å². The molecule has 0 unspecified atom stereocenters. The van der Waals surface area contributed by atoms with E-state index in [4.69, 9.17) is 0 Å². The van der Waals surface area contributed by atoms with Gasteiger partial charge in [-0.3, -0.25) is 9.78 Å². The highest BCUT2D eigenvalue weighted by atomic mass is 16.2. The standard InChI is InChI=1S/C22H19N5O/c1-16-7-9-19(10-8-16)27-21(18-5-3-2-4-6-18)25-20(26-27)22(28)24-15-17-11-13-23-14-12-17/h2-14H,15H2,1H3,(H,24,28). The number of hydrogen-bond acceptors (Lipinski definition) is 4. The third-order valence-electron chi connectivity index (χ3n) is 4.32. The van der Waals surface area contributed by atoms with Crippen LogP contribution in [0.15, 0.2) is 79.1 Å². The highest BCUT2D eigenvalue weighted by Crippen LogP contribution is 2.21. The van der Waals surface area contributed by atoms with Gasteiger partial charge in [-0.25, -0.2) is 9.67 Å². The summed E-state index contributed by atoms with van der Waals surface area (Å²) in [6.45, 7) is 2.42. The maximum Gasteiger partial charge on any atom is 0.291 e. The van der Waals surface area contributed by atoms with Crippen LogP contribution in [0.4, 0.5) is 0 Å². The topological polar surface area (TPSA) is 72.7 Å². The van der Waals surface area contributed by atoms with Crippen molar-refractivity contribution in [3.63, 3.8) is 0 Å². The lowest BCUT2D eigenvalue weighted by Crippen LogP contribution is -2.24. The number of nitrogens with one attached hydrogen (secondary N) is 1. The number of hydrogen-bond donors (Lipinski definition) is 1. The number of nitrogens with zero attached hydrogens (tertiary/aromatic N) is 4. The molecule has 0 saturated heterocycles. The van der Waals surface area contributed by atoms with E-state index in [2.05, 4.69) is 20.4 Å². The van der Waals surface area contributed by atoms with Gasteiger partial charge in [-0.05, 0) is 36.8 Å². The highest BCUT2D eigenvalue weighted by Gasteiger charge is 2.18. The fraction of sp³-hybridized carbons (Fsp3) is 0.0909. The van der Waals surface area contributed by atoms with Gasteiger partial charge in [-0.1, -0.05) is 48.0 Å². The van der Waals surface area contributed by atoms with Crippen LogP contribution in [-0.4, -0.2) is 25.7 Å². The van der Waals surface area contributed by atoms with Crippen LogP contribution < -0.4 is 5.32 Å². The zero-order valence-corrected chi connectivity index (χ0v) is 15.4. The third-order valence-corrected chi connectivity index (χ3v) is 4.32. The van der Waals surface area contributed by atoms with Crippen LogP contribution in [-0.2, 0) is 6.54 Å². The Bertz CT molecular complexity index is 1070. The molecule has 0 saturated carbocycles. The first-order valence-corrected chi connectivity index (χ1v) is 8.97. The van der Waals surface area contributed by atoms with Gasteiger partial charge in [0.05, 0.1) is 5.69 Å². The fourth-order valence-corrected chi connectivity index (χ4v) is 2.81. The van der Waals surface area contributed by atoms with Gasteiger partial charge in [0.25, 0.3) is 5.91 Å². The quantitative estimate of drug-likeness (QED) is 0.584. The van der Waals surface area contributed by atoms with Crippen molar-refractivity contribution in [2.45, 2.75) is 13.5 Å². The Hall–Kier alpha value is -3.80. The van der Waals surface area contributed by atoms with E-state index in [1.54, 1.807) is 17.1 Å². The summed E-state index contributed by atoms with van der Waals surface area (Å²) >= 11 is 0.